The van der Waals surface area contributed by atoms with Crippen LogP contribution in [0, 0.1) is 5.41 Å². The number of alkyl carbamates (subject to hydrolysis) is 1. The van der Waals surface area contributed by atoms with E-state index in [-0.39, 0.29) is 17.6 Å². The molecule has 0 unspecified atom stereocenters. The summed E-state index contributed by atoms with van der Waals surface area (Å²) in [4.78, 5) is 24.6. The van der Waals surface area contributed by atoms with Crippen molar-refractivity contribution in [2.75, 3.05) is 18.0 Å². The molecule has 1 spiro atoms. The van der Waals surface area contributed by atoms with Crippen molar-refractivity contribution in [2.45, 2.75) is 94.1 Å². The Balaban J connectivity index is 1.25. The molecule has 1 saturated carbocycles. The average Bonchev–Trinajstić information content (AvgIpc) is 3.12. The van der Waals surface area contributed by atoms with Crippen LogP contribution in [0.25, 0.3) is 0 Å². The summed E-state index contributed by atoms with van der Waals surface area (Å²) in [6.07, 6.45) is 13.2. The van der Waals surface area contributed by atoms with Crippen LogP contribution in [0.2, 0.25) is 0 Å². The van der Waals surface area contributed by atoms with Gasteiger partial charge >= 0.3 is 6.09 Å². The average molecular weight is 495 g/mol. The van der Waals surface area contributed by atoms with Crippen molar-refractivity contribution in [3.05, 3.63) is 47.8 Å². The van der Waals surface area contributed by atoms with Gasteiger partial charge in [-0.2, -0.15) is 0 Å². The van der Waals surface area contributed by atoms with Crippen molar-refractivity contribution in [2.24, 2.45) is 5.41 Å². The van der Waals surface area contributed by atoms with E-state index in [0.29, 0.717) is 5.25 Å². The van der Waals surface area contributed by atoms with E-state index in [1.807, 2.05) is 44.9 Å². The monoisotopic (exact) mass is 494 g/mol. The zero-order chi connectivity index (χ0) is 24.5. The van der Waals surface area contributed by atoms with Gasteiger partial charge in [0.15, 0.2) is 0 Å². The van der Waals surface area contributed by atoms with Gasteiger partial charge in [-0.15, -0.1) is 11.8 Å². The number of aromatic nitrogens is 2. The lowest BCUT2D eigenvalue weighted by Gasteiger charge is -2.43. The molecular weight excluding hydrogens is 456 g/mol. The highest BCUT2D eigenvalue weighted by atomic mass is 32.2. The molecule has 2 aliphatic carbocycles. The van der Waals surface area contributed by atoms with E-state index >= 15 is 0 Å². The number of rotatable bonds is 4. The summed E-state index contributed by atoms with van der Waals surface area (Å²) < 4.78 is 5.62. The van der Waals surface area contributed by atoms with Crippen molar-refractivity contribution < 1.29 is 9.53 Å². The zero-order valence-corrected chi connectivity index (χ0v) is 22.1. The molecule has 1 aromatic heterocycles. The first kappa shape index (κ1) is 24.4. The number of carbonyl (C=O) groups excluding carboxylic acids is 1. The number of thioether (sulfide) groups is 1. The number of fused-ring (bicyclic) bond motifs is 1. The molecule has 0 bridgehead atoms. The van der Waals surface area contributed by atoms with Gasteiger partial charge in [0.1, 0.15) is 16.4 Å². The first-order chi connectivity index (χ1) is 16.8. The molecule has 1 amide bonds. The Bertz CT molecular complexity index is 1020. The summed E-state index contributed by atoms with van der Waals surface area (Å²) in [5.41, 5.74) is 2.06. The smallest absolute Gasteiger partial charge is 0.408 e. The molecule has 0 radical (unpaired) electrons. The summed E-state index contributed by atoms with van der Waals surface area (Å²) in [7, 11) is 0. The van der Waals surface area contributed by atoms with Gasteiger partial charge in [-0.1, -0.05) is 43.5 Å². The highest BCUT2D eigenvalue weighted by Gasteiger charge is 2.48. The van der Waals surface area contributed by atoms with Gasteiger partial charge in [0.05, 0.1) is 18.4 Å². The fourth-order valence-corrected chi connectivity index (χ4v) is 7.12. The maximum Gasteiger partial charge on any atom is 0.408 e. The summed E-state index contributed by atoms with van der Waals surface area (Å²) >= 11 is 1.89. The lowest BCUT2D eigenvalue weighted by atomic mass is 9.72. The molecule has 2 fully saturated rings. The second-order valence-corrected chi connectivity index (χ2v) is 12.7. The van der Waals surface area contributed by atoms with Crippen LogP contribution in [0.3, 0.4) is 0 Å². The molecule has 1 atom stereocenters. The van der Waals surface area contributed by atoms with Crippen molar-refractivity contribution in [3.63, 3.8) is 0 Å². The van der Waals surface area contributed by atoms with Crippen molar-refractivity contribution in [1.29, 1.82) is 0 Å². The number of piperidine rings is 1. The number of hydrogen-bond acceptors (Lipinski definition) is 6. The number of hydrogen-bond donors (Lipinski definition) is 1. The molecule has 2 aromatic rings. The largest absolute Gasteiger partial charge is 0.444 e. The summed E-state index contributed by atoms with van der Waals surface area (Å²) in [6, 6.07) is 8.50. The summed E-state index contributed by atoms with van der Waals surface area (Å²) in [5, 5.41) is 4.98. The number of ether oxygens (including phenoxy) is 1. The maximum atomic E-state index is 12.7. The van der Waals surface area contributed by atoms with Crippen LogP contribution in [-0.4, -0.2) is 40.0 Å². The predicted molar refractivity (Wildman–Crippen MR) is 141 cm³/mol. The molecule has 1 aromatic carbocycles. The van der Waals surface area contributed by atoms with E-state index in [9.17, 15) is 4.79 Å². The summed E-state index contributed by atoms with van der Waals surface area (Å²) in [6.45, 7) is 7.53. The Morgan fingerprint density at radius 1 is 1.09 bits per heavy atom. The molecule has 188 valence electrons. The van der Waals surface area contributed by atoms with E-state index in [2.05, 4.69) is 34.5 Å². The predicted octanol–water partition coefficient (Wildman–Crippen LogP) is 6.31. The lowest BCUT2D eigenvalue weighted by molar-refractivity contribution is 0.0428. The molecule has 6 nitrogen and oxygen atoms in total. The molecule has 1 saturated heterocycles. The van der Waals surface area contributed by atoms with E-state index in [4.69, 9.17) is 14.7 Å². The maximum absolute atomic E-state index is 12.7. The number of nitrogens with one attached hydrogen (secondary N) is 1. The minimum absolute atomic E-state index is 0.00128. The van der Waals surface area contributed by atoms with Crippen LogP contribution >= 0.6 is 11.8 Å². The Kier molecular flexibility index (Phi) is 6.97. The highest BCUT2D eigenvalue weighted by Crippen LogP contribution is 2.52. The number of carbonyl (C=O) groups is 1. The molecular formula is C28H38N4O2S. The second-order valence-electron chi connectivity index (χ2n) is 11.4. The first-order valence-corrected chi connectivity index (χ1v) is 14.0. The molecule has 2 heterocycles. The molecule has 5 rings (SSSR count). The van der Waals surface area contributed by atoms with Gasteiger partial charge in [0, 0.05) is 23.8 Å². The first-order valence-electron chi connectivity index (χ1n) is 13.1. The van der Waals surface area contributed by atoms with E-state index < -0.39 is 5.60 Å². The molecule has 1 N–H and O–H groups in total. The number of anilines is 1. The van der Waals surface area contributed by atoms with Gasteiger partial charge in [-0.05, 0) is 64.0 Å². The Hall–Kier alpha value is -2.28. The van der Waals surface area contributed by atoms with E-state index in [0.717, 1.165) is 43.2 Å². The normalized spacial score (nSPS) is 22.1. The number of benzene rings is 1. The van der Waals surface area contributed by atoms with Crippen molar-refractivity contribution >= 4 is 23.7 Å². The van der Waals surface area contributed by atoms with Gasteiger partial charge in [0.25, 0.3) is 0 Å². The van der Waals surface area contributed by atoms with E-state index in [1.165, 1.54) is 43.2 Å². The third kappa shape index (κ3) is 5.60. The highest BCUT2D eigenvalue weighted by molar-refractivity contribution is 7.99. The van der Waals surface area contributed by atoms with Crippen LogP contribution in [0.5, 0.6) is 0 Å². The second kappa shape index (κ2) is 10.00. The Morgan fingerprint density at radius 2 is 1.83 bits per heavy atom. The fraction of sp³-hybridized carbons (Fsp3) is 0.607. The van der Waals surface area contributed by atoms with Crippen LogP contribution in [0.4, 0.5) is 10.6 Å². The van der Waals surface area contributed by atoms with Crippen LogP contribution in [0.15, 0.2) is 41.7 Å². The summed E-state index contributed by atoms with van der Waals surface area (Å²) in [5.74, 6) is 0.958. The number of nitrogens with zero attached hydrogens (tertiary/aromatic N) is 3. The van der Waals surface area contributed by atoms with Crippen molar-refractivity contribution in [1.82, 2.24) is 15.3 Å². The van der Waals surface area contributed by atoms with Crippen molar-refractivity contribution in [3.8, 4) is 0 Å². The van der Waals surface area contributed by atoms with Gasteiger partial charge in [-0.25, -0.2) is 14.8 Å². The van der Waals surface area contributed by atoms with Crippen LogP contribution < -0.4 is 10.2 Å². The molecule has 1 aliphatic heterocycles. The third-order valence-electron chi connectivity index (χ3n) is 7.72. The van der Waals surface area contributed by atoms with Gasteiger partial charge < -0.3 is 15.0 Å². The lowest BCUT2D eigenvalue weighted by Crippen LogP contribution is -2.47. The molecule has 3 aliphatic rings. The third-order valence-corrected chi connectivity index (χ3v) is 8.98. The molecule has 35 heavy (non-hydrogen) atoms. The Labute approximate surface area is 213 Å². The minimum atomic E-state index is -0.515. The van der Waals surface area contributed by atoms with Crippen LogP contribution in [-0.2, 0) is 11.2 Å². The topological polar surface area (TPSA) is 67.3 Å². The van der Waals surface area contributed by atoms with Gasteiger partial charge in [-0.3, -0.25) is 0 Å². The Morgan fingerprint density at radius 3 is 2.51 bits per heavy atom. The minimum Gasteiger partial charge on any atom is -0.444 e. The van der Waals surface area contributed by atoms with Gasteiger partial charge in [0.2, 0.25) is 0 Å². The fourth-order valence-electron chi connectivity index (χ4n) is 5.98. The number of amides is 1. The van der Waals surface area contributed by atoms with Crippen LogP contribution in [0.1, 0.15) is 82.9 Å². The molecule has 7 heteroatoms. The van der Waals surface area contributed by atoms with E-state index in [1.54, 1.807) is 0 Å². The standard InChI is InChI=1S/C28H38N4O2S/c1-27(2,3)34-26(33)31-25-22-12-8-7-9-20(22)17-28(25)13-15-32(16-14-28)23-18-30-24(19-29-23)35-21-10-5-4-6-11-21/h7-9,12,18-19,21,25H,4-6,10-11,13-17H2,1-3H3,(H,31,33)/t25-/m1/s1. The SMILES string of the molecule is CC(C)(C)OC(=O)N[C@@H]1c2ccccc2CC12CCN(c1cnc(SC3CCCCC3)cn1)CC2. The quantitative estimate of drug-likeness (QED) is 0.537. The zero-order valence-electron chi connectivity index (χ0n) is 21.3.